The number of methoxy groups -OCH3 is 1. The summed E-state index contributed by atoms with van der Waals surface area (Å²) in [5, 5.41) is 11.0. The first-order valence-corrected chi connectivity index (χ1v) is 4.93. The summed E-state index contributed by atoms with van der Waals surface area (Å²) in [4.78, 5) is 22.3. The normalized spacial score (nSPS) is 11.6. The average Bonchev–Trinajstić information content (AvgIpc) is 2.28. The average molecular weight is 238 g/mol. The van der Waals surface area contributed by atoms with Gasteiger partial charge in [-0.25, -0.2) is 0 Å². The number of rotatable bonds is 4. The summed E-state index contributed by atoms with van der Waals surface area (Å²) in [6, 6.07) is 3.60. The Bertz CT molecular complexity index is 445. The lowest BCUT2D eigenvalue weighted by Crippen LogP contribution is -2.38. The van der Waals surface area contributed by atoms with Crippen LogP contribution in [0.5, 0.6) is 5.75 Å². The molecule has 0 aliphatic rings. The van der Waals surface area contributed by atoms with Crippen LogP contribution in [0.1, 0.15) is 17.3 Å². The number of carbonyl (C=O) groups excluding carboxylic acids is 1. The number of nitrogens with two attached hydrogens (primary N) is 1. The van der Waals surface area contributed by atoms with Gasteiger partial charge in [-0.15, -0.1) is 0 Å². The first-order chi connectivity index (χ1) is 7.95. The highest BCUT2D eigenvalue weighted by molar-refractivity contribution is 6.00. The number of aliphatic carboxylic acids is 1. The van der Waals surface area contributed by atoms with Crippen LogP contribution in [0.2, 0.25) is 0 Å². The molecular formula is C11H14N2O4. The smallest absolute Gasteiger partial charge is 0.325 e. The Morgan fingerprint density at radius 1 is 1.47 bits per heavy atom. The molecule has 92 valence electrons. The zero-order valence-electron chi connectivity index (χ0n) is 9.56. The predicted molar refractivity (Wildman–Crippen MR) is 62.0 cm³/mol. The highest BCUT2D eigenvalue weighted by Gasteiger charge is 2.17. The molecule has 17 heavy (non-hydrogen) atoms. The van der Waals surface area contributed by atoms with Crippen molar-refractivity contribution in [3.05, 3.63) is 23.8 Å². The summed E-state index contributed by atoms with van der Waals surface area (Å²) in [7, 11) is 1.49. The van der Waals surface area contributed by atoms with E-state index in [0.29, 0.717) is 5.75 Å². The second-order valence-corrected chi connectivity index (χ2v) is 3.49. The largest absolute Gasteiger partial charge is 0.497 e. The maximum atomic E-state index is 11.7. The number of carboxylic acid groups (broad SMARTS) is 1. The number of nitrogen functional groups attached to an aromatic ring is 1. The number of amides is 1. The van der Waals surface area contributed by atoms with Crippen molar-refractivity contribution >= 4 is 17.6 Å². The molecule has 0 spiro atoms. The molecule has 0 saturated carbocycles. The minimum atomic E-state index is -1.11. The lowest BCUT2D eigenvalue weighted by atomic mass is 10.1. The lowest BCUT2D eigenvalue weighted by Gasteiger charge is -2.11. The molecule has 0 aliphatic heterocycles. The molecule has 6 heteroatoms. The molecule has 1 rings (SSSR count). The fraction of sp³-hybridized carbons (Fsp3) is 0.273. The Hall–Kier alpha value is -2.24. The van der Waals surface area contributed by atoms with Crippen molar-refractivity contribution in [1.82, 2.24) is 5.32 Å². The van der Waals surface area contributed by atoms with Crippen molar-refractivity contribution in [3.63, 3.8) is 0 Å². The van der Waals surface area contributed by atoms with Gasteiger partial charge < -0.3 is 20.9 Å². The van der Waals surface area contributed by atoms with Gasteiger partial charge in [-0.3, -0.25) is 9.59 Å². The van der Waals surface area contributed by atoms with Crippen molar-refractivity contribution in [2.75, 3.05) is 12.8 Å². The third kappa shape index (κ3) is 3.10. The maximum absolute atomic E-state index is 11.7. The number of benzene rings is 1. The van der Waals surface area contributed by atoms with E-state index in [9.17, 15) is 9.59 Å². The molecule has 4 N–H and O–H groups in total. The highest BCUT2D eigenvalue weighted by atomic mass is 16.5. The van der Waals surface area contributed by atoms with Gasteiger partial charge in [-0.2, -0.15) is 0 Å². The van der Waals surface area contributed by atoms with Crippen LogP contribution in [0.4, 0.5) is 5.69 Å². The second kappa shape index (κ2) is 5.20. The number of nitrogens with one attached hydrogen (secondary N) is 1. The minimum Gasteiger partial charge on any atom is -0.497 e. The molecule has 1 amide bonds. The molecule has 0 aromatic heterocycles. The van der Waals surface area contributed by atoms with Crippen LogP contribution in [0.25, 0.3) is 0 Å². The zero-order chi connectivity index (χ0) is 13.0. The Labute approximate surface area is 98.4 Å². The van der Waals surface area contributed by atoms with E-state index in [1.54, 1.807) is 6.07 Å². The summed E-state index contributed by atoms with van der Waals surface area (Å²) in [6.07, 6.45) is 0. The van der Waals surface area contributed by atoms with Crippen LogP contribution in [0, 0.1) is 0 Å². The fourth-order valence-corrected chi connectivity index (χ4v) is 1.21. The molecule has 0 radical (unpaired) electrons. The Kier molecular flexibility index (Phi) is 3.92. The molecule has 1 atom stereocenters. The van der Waals surface area contributed by atoms with E-state index in [0.717, 1.165) is 0 Å². The second-order valence-electron chi connectivity index (χ2n) is 3.49. The van der Waals surface area contributed by atoms with Crippen molar-refractivity contribution in [2.45, 2.75) is 13.0 Å². The number of carbonyl (C=O) groups is 2. The van der Waals surface area contributed by atoms with Crippen LogP contribution in [0.3, 0.4) is 0 Å². The number of ether oxygens (including phenoxy) is 1. The maximum Gasteiger partial charge on any atom is 0.325 e. The van der Waals surface area contributed by atoms with Crippen LogP contribution < -0.4 is 15.8 Å². The van der Waals surface area contributed by atoms with Crippen molar-refractivity contribution in [3.8, 4) is 5.75 Å². The first kappa shape index (κ1) is 12.8. The van der Waals surface area contributed by atoms with Crippen LogP contribution in [0.15, 0.2) is 18.2 Å². The molecule has 0 bridgehead atoms. The van der Waals surface area contributed by atoms with Gasteiger partial charge in [0.05, 0.1) is 12.7 Å². The van der Waals surface area contributed by atoms with Crippen molar-refractivity contribution in [1.29, 1.82) is 0 Å². The van der Waals surface area contributed by atoms with Gasteiger partial charge in [0.15, 0.2) is 0 Å². The topological polar surface area (TPSA) is 102 Å². The number of carboxylic acids is 1. The quantitative estimate of drug-likeness (QED) is 0.662. The summed E-state index contributed by atoms with van der Waals surface area (Å²) < 4.78 is 4.94. The summed E-state index contributed by atoms with van der Waals surface area (Å²) in [6.45, 7) is 1.37. The molecule has 1 aromatic rings. The molecule has 0 fully saturated rings. The van der Waals surface area contributed by atoms with Gasteiger partial charge in [-0.05, 0) is 19.1 Å². The Balaban J connectivity index is 2.86. The van der Waals surface area contributed by atoms with Gasteiger partial charge in [0.1, 0.15) is 11.8 Å². The van der Waals surface area contributed by atoms with Gasteiger partial charge in [0.2, 0.25) is 0 Å². The van der Waals surface area contributed by atoms with Crippen LogP contribution >= 0.6 is 0 Å². The molecule has 1 unspecified atom stereocenters. The van der Waals surface area contributed by atoms with E-state index in [2.05, 4.69) is 5.32 Å². The van der Waals surface area contributed by atoms with Gasteiger partial charge in [0, 0.05) is 11.8 Å². The number of hydrogen-bond acceptors (Lipinski definition) is 4. The Morgan fingerprint density at radius 3 is 2.59 bits per heavy atom. The third-order valence-electron chi connectivity index (χ3n) is 2.22. The van der Waals surface area contributed by atoms with Crippen LogP contribution in [-0.4, -0.2) is 30.1 Å². The van der Waals surface area contributed by atoms with Gasteiger partial charge in [-0.1, -0.05) is 0 Å². The van der Waals surface area contributed by atoms with Gasteiger partial charge >= 0.3 is 5.97 Å². The van der Waals surface area contributed by atoms with Crippen LogP contribution in [-0.2, 0) is 4.79 Å². The molecular weight excluding hydrogens is 224 g/mol. The van der Waals surface area contributed by atoms with E-state index in [1.165, 1.54) is 26.2 Å². The summed E-state index contributed by atoms with van der Waals surface area (Å²) in [5.41, 5.74) is 6.12. The first-order valence-electron chi connectivity index (χ1n) is 4.93. The monoisotopic (exact) mass is 238 g/mol. The van der Waals surface area contributed by atoms with E-state index >= 15 is 0 Å². The summed E-state index contributed by atoms with van der Waals surface area (Å²) in [5.74, 6) is -1.10. The molecule has 1 aromatic carbocycles. The van der Waals surface area contributed by atoms with Crippen molar-refractivity contribution in [2.24, 2.45) is 0 Å². The van der Waals surface area contributed by atoms with E-state index < -0.39 is 17.9 Å². The Morgan fingerprint density at radius 2 is 2.12 bits per heavy atom. The van der Waals surface area contributed by atoms with E-state index in [4.69, 9.17) is 15.6 Å². The molecule has 6 nitrogen and oxygen atoms in total. The fourth-order valence-electron chi connectivity index (χ4n) is 1.21. The molecule has 0 heterocycles. The van der Waals surface area contributed by atoms with E-state index in [-0.39, 0.29) is 11.3 Å². The SMILES string of the molecule is COc1ccc(C(=O)NC(C)C(=O)O)c(N)c1. The highest BCUT2D eigenvalue weighted by Crippen LogP contribution is 2.19. The minimum absolute atomic E-state index is 0.221. The number of anilines is 1. The zero-order valence-corrected chi connectivity index (χ0v) is 9.56. The molecule has 0 saturated heterocycles. The van der Waals surface area contributed by atoms with E-state index in [1.807, 2.05) is 0 Å². The predicted octanol–water partition coefficient (Wildman–Crippen LogP) is 0.480. The lowest BCUT2D eigenvalue weighted by molar-refractivity contribution is -0.138. The van der Waals surface area contributed by atoms with Gasteiger partial charge in [0.25, 0.3) is 5.91 Å². The standard InChI is InChI=1S/C11H14N2O4/c1-6(11(15)16)13-10(14)8-4-3-7(17-2)5-9(8)12/h3-6H,12H2,1-2H3,(H,13,14)(H,15,16). The third-order valence-corrected chi connectivity index (χ3v) is 2.22. The van der Waals surface area contributed by atoms with Crippen molar-refractivity contribution < 1.29 is 19.4 Å². The molecule has 0 aliphatic carbocycles. The summed E-state index contributed by atoms with van der Waals surface area (Å²) >= 11 is 0. The number of hydrogen-bond donors (Lipinski definition) is 3.